The van der Waals surface area contributed by atoms with Gasteiger partial charge in [0.2, 0.25) is 0 Å². The Labute approximate surface area is 96.2 Å². The Hall–Kier alpha value is -0.220. The maximum Gasteiger partial charge on any atom is 0.307 e. The van der Waals surface area contributed by atoms with E-state index in [-0.39, 0.29) is 5.92 Å². The largest absolute Gasteiger partial charge is 0.481 e. The zero-order valence-electron chi connectivity index (χ0n) is 9.77. The number of rotatable bonds is 4. The van der Waals surface area contributed by atoms with Crippen LogP contribution in [-0.2, 0) is 4.79 Å². The van der Waals surface area contributed by atoms with Gasteiger partial charge in [0.05, 0.1) is 5.92 Å². The summed E-state index contributed by atoms with van der Waals surface area (Å²) in [5.74, 6) is 0.284. The minimum atomic E-state index is -0.696. The first kappa shape index (κ1) is 12.8. The maximum atomic E-state index is 10.8. The number of nitrogens with zero attached hydrogens (tertiary/aromatic N) is 1. The molecular weight excluding hydrogens is 210 g/mol. The predicted molar refractivity (Wildman–Crippen MR) is 64.4 cm³/mol. The zero-order valence-corrected chi connectivity index (χ0v) is 10.6. The molecule has 0 spiro atoms. The van der Waals surface area contributed by atoms with E-state index in [0.717, 1.165) is 0 Å². The number of aliphatic carboxylic acids is 1. The predicted octanol–water partition coefficient (Wildman–Crippen LogP) is 1.92. The van der Waals surface area contributed by atoms with Gasteiger partial charge in [-0.05, 0) is 25.6 Å². The van der Waals surface area contributed by atoms with Gasteiger partial charge in [-0.15, -0.1) is 0 Å². The Morgan fingerprint density at radius 1 is 1.67 bits per heavy atom. The number of carboxylic acid groups (broad SMARTS) is 1. The van der Waals surface area contributed by atoms with Crippen molar-refractivity contribution >= 4 is 17.7 Å². The van der Waals surface area contributed by atoms with E-state index in [1.165, 1.54) is 18.6 Å². The summed E-state index contributed by atoms with van der Waals surface area (Å²) < 4.78 is 0. The Balaban J connectivity index is 2.44. The molecule has 3 unspecified atom stereocenters. The van der Waals surface area contributed by atoms with Crippen LogP contribution in [0.25, 0.3) is 0 Å². The van der Waals surface area contributed by atoms with Gasteiger partial charge in [-0.2, -0.15) is 11.8 Å². The molecule has 3 nitrogen and oxygen atoms in total. The molecule has 88 valence electrons. The first-order valence-electron chi connectivity index (χ1n) is 5.57. The minimum absolute atomic E-state index is 0.269. The number of thioether (sulfide) groups is 1. The normalized spacial score (nSPS) is 29.1. The van der Waals surface area contributed by atoms with Crippen LogP contribution in [0.5, 0.6) is 0 Å². The van der Waals surface area contributed by atoms with Crippen molar-refractivity contribution in [3.8, 4) is 0 Å². The highest BCUT2D eigenvalue weighted by Crippen LogP contribution is 2.28. The summed E-state index contributed by atoms with van der Waals surface area (Å²) in [6.07, 6.45) is 2.46. The molecule has 0 bridgehead atoms. The topological polar surface area (TPSA) is 40.5 Å². The average molecular weight is 231 g/mol. The first-order chi connectivity index (χ1) is 7.02. The van der Waals surface area contributed by atoms with Gasteiger partial charge in [0.15, 0.2) is 0 Å². The molecule has 0 saturated carbocycles. The summed E-state index contributed by atoms with van der Waals surface area (Å²) >= 11 is 2.00. The highest BCUT2D eigenvalue weighted by Gasteiger charge is 2.27. The lowest BCUT2D eigenvalue weighted by Crippen LogP contribution is -2.43. The van der Waals surface area contributed by atoms with Crippen LogP contribution in [0.1, 0.15) is 26.7 Å². The van der Waals surface area contributed by atoms with Crippen LogP contribution in [-0.4, -0.2) is 46.6 Å². The standard InChI is InChI=1S/C11H21NO2S/c1-8(11(13)14)7-12(3)10-5-4-6-15-9(10)2/h8-10H,4-7H2,1-3H3,(H,13,14). The third-order valence-corrected chi connectivity index (χ3v) is 4.48. The Morgan fingerprint density at radius 3 is 2.87 bits per heavy atom. The molecule has 0 aliphatic carbocycles. The van der Waals surface area contributed by atoms with Gasteiger partial charge in [0.25, 0.3) is 0 Å². The van der Waals surface area contributed by atoms with Crippen molar-refractivity contribution in [3.63, 3.8) is 0 Å². The molecule has 1 N–H and O–H groups in total. The van der Waals surface area contributed by atoms with Crippen molar-refractivity contribution in [1.82, 2.24) is 4.90 Å². The summed E-state index contributed by atoms with van der Waals surface area (Å²) in [7, 11) is 2.05. The lowest BCUT2D eigenvalue weighted by atomic mass is 10.0. The Kier molecular flexibility index (Phi) is 4.93. The zero-order chi connectivity index (χ0) is 11.4. The molecule has 3 atom stereocenters. The van der Waals surface area contributed by atoms with Crippen molar-refractivity contribution in [1.29, 1.82) is 0 Å². The number of carbonyl (C=O) groups is 1. The summed E-state index contributed by atoms with van der Waals surface area (Å²) in [5, 5.41) is 9.49. The smallest absolute Gasteiger partial charge is 0.307 e. The van der Waals surface area contributed by atoms with E-state index in [9.17, 15) is 4.79 Å². The molecule has 0 aromatic heterocycles. The van der Waals surface area contributed by atoms with Crippen LogP contribution in [0.15, 0.2) is 0 Å². The highest BCUT2D eigenvalue weighted by atomic mass is 32.2. The van der Waals surface area contributed by atoms with E-state index in [1.807, 2.05) is 18.8 Å². The monoisotopic (exact) mass is 231 g/mol. The lowest BCUT2D eigenvalue weighted by Gasteiger charge is -2.36. The average Bonchev–Trinajstić information content (AvgIpc) is 2.18. The third kappa shape index (κ3) is 3.68. The van der Waals surface area contributed by atoms with Crippen LogP contribution in [0.4, 0.5) is 0 Å². The molecule has 1 saturated heterocycles. The molecule has 15 heavy (non-hydrogen) atoms. The molecule has 0 amide bonds. The van der Waals surface area contributed by atoms with Crippen LogP contribution >= 0.6 is 11.8 Å². The fraction of sp³-hybridized carbons (Fsp3) is 0.909. The molecule has 1 rings (SSSR count). The van der Waals surface area contributed by atoms with E-state index in [4.69, 9.17) is 5.11 Å². The van der Waals surface area contributed by atoms with Gasteiger partial charge in [-0.1, -0.05) is 13.8 Å². The van der Waals surface area contributed by atoms with Gasteiger partial charge in [0.1, 0.15) is 0 Å². The minimum Gasteiger partial charge on any atom is -0.481 e. The summed E-state index contributed by atoms with van der Waals surface area (Å²) in [4.78, 5) is 13.0. The van der Waals surface area contributed by atoms with E-state index in [2.05, 4.69) is 11.8 Å². The highest BCUT2D eigenvalue weighted by molar-refractivity contribution is 7.99. The summed E-state index contributed by atoms with van der Waals surface area (Å²) in [5.41, 5.74) is 0. The van der Waals surface area contributed by atoms with Crippen molar-refractivity contribution in [3.05, 3.63) is 0 Å². The first-order valence-corrected chi connectivity index (χ1v) is 6.62. The van der Waals surface area contributed by atoms with Crippen LogP contribution in [0.3, 0.4) is 0 Å². The molecular formula is C11H21NO2S. The van der Waals surface area contributed by atoms with Crippen LogP contribution < -0.4 is 0 Å². The van der Waals surface area contributed by atoms with Gasteiger partial charge in [-0.3, -0.25) is 4.79 Å². The van der Waals surface area contributed by atoms with Crippen LogP contribution in [0.2, 0.25) is 0 Å². The molecule has 0 aromatic rings. The summed E-state index contributed by atoms with van der Waals surface area (Å²) in [6, 6.07) is 0.547. The van der Waals surface area contributed by atoms with Gasteiger partial charge in [-0.25, -0.2) is 0 Å². The molecule has 1 aliphatic rings. The Morgan fingerprint density at radius 2 is 2.33 bits per heavy atom. The van der Waals surface area contributed by atoms with E-state index >= 15 is 0 Å². The molecule has 0 radical (unpaired) electrons. The second kappa shape index (κ2) is 5.75. The number of hydrogen-bond donors (Lipinski definition) is 1. The quantitative estimate of drug-likeness (QED) is 0.802. The molecule has 1 aliphatic heterocycles. The van der Waals surface area contributed by atoms with Crippen LogP contribution in [0, 0.1) is 5.92 Å². The van der Waals surface area contributed by atoms with E-state index < -0.39 is 5.97 Å². The second-order valence-electron chi connectivity index (χ2n) is 4.46. The SMILES string of the molecule is CC(CN(C)C1CCCSC1C)C(=O)O. The van der Waals surface area contributed by atoms with Crippen molar-refractivity contribution in [2.75, 3.05) is 19.3 Å². The Bertz CT molecular complexity index is 223. The van der Waals surface area contributed by atoms with Crippen molar-refractivity contribution < 1.29 is 9.90 Å². The fourth-order valence-corrected chi connectivity index (χ4v) is 3.40. The van der Waals surface area contributed by atoms with Gasteiger partial charge < -0.3 is 10.0 Å². The molecule has 0 aromatic carbocycles. The molecule has 4 heteroatoms. The maximum absolute atomic E-state index is 10.8. The molecule has 1 fully saturated rings. The summed E-state index contributed by atoms with van der Waals surface area (Å²) in [6.45, 7) is 4.68. The fourth-order valence-electron chi connectivity index (χ4n) is 2.13. The van der Waals surface area contributed by atoms with E-state index in [1.54, 1.807) is 6.92 Å². The second-order valence-corrected chi connectivity index (χ2v) is 5.95. The molecule has 1 heterocycles. The number of hydrogen-bond acceptors (Lipinski definition) is 3. The van der Waals surface area contributed by atoms with Gasteiger partial charge in [0, 0.05) is 17.8 Å². The lowest BCUT2D eigenvalue weighted by molar-refractivity contribution is -0.141. The third-order valence-electron chi connectivity index (χ3n) is 3.12. The van der Waals surface area contributed by atoms with Gasteiger partial charge >= 0.3 is 5.97 Å². The van der Waals surface area contributed by atoms with Crippen molar-refractivity contribution in [2.45, 2.75) is 38.0 Å². The van der Waals surface area contributed by atoms with E-state index in [0.29, 0.717) is 17.8 Å². The number of carboxylic acids is 1. The van der Waals surface area contributed by atoms with Crippen molar-refractivity contribution in [2.24, 2.45) is 5.92 Å².